The molecule has 134 valence electrons. The number of phenols is 1. The molecular weight excluding hydrogens is 394 g/mol. The molecule has 1 heterocycles. The molecule has 2 aromatic rings. The van der Waals surface area contributed by atoms with Crippen molar-refractivity contribution in [1.82, 2.24) is 0 Å². The summed E-state index contributed by atoms with van der Waals surface area (Å²) in [5.74, 6) is 0.551. The van der Waals surface area contributed by atoms with Crippen molar-refractivity contribution < 1.29 is 19.4 Å². The van der Waals surface area contributed by atoms with Gasteiger partial charge >= 0.3 is 0 Å². The summed E-state index contributed by atoms with van der Waals surface area (Å²) in [6, 6.07) is 10.1. The van der Waals surface area contributed by atoms with Gasteiger partial charge in [0.05, 0.1) is 24.8 Å². The van der Waals surface area contributed by atoms with Gasteiger partial charge in [-0.3, -0.25) is 9.69 Å². The molecule has 1 aliphatic heterocycles. The van der Waals surface area contributed by atoms with E-state index in [0.717, 1.165) is 11.8 Å². The zero-order chi connectivity index (χ0) is 18.8. The van der Waals surface area contributed by atoms with Gasteiger partial charge in [0.25, 0.3) is 5.91 Å². The van der Waals surface area contributed by atoms with Crippen LogP contribution in [-0.4, -0.2) is 29.6 Å². The number of nitrogens with zero attached hydrogens (tertiary/aromatic N) is 1. The zero-order valence-corrected chi connectivity index (χ0v) is 16.2. The number of aromatic hydroxyl groups is 1. The van der Waals surface area contributed by atoms with Crippen LogP contribution in [0.15, 0.2) is 41.3 Å². The summed E-state index contributed by atoms with van der Waals surface area (Å²) >= 11 is 12.5. The van der Waals surface area contributed by atoms with Crippen molar-refractivity contribution in [2.45, 2.75) is 0 Å². The quantitative estimate of drug-likeness (QED) is 0.596. The van der Waals surface area contributed by atoms with E-state index >= 15 is 0 Å². The molecule has 0 bridgehead atoms. The van der Waals surface area contributed by atoms with E-state index in [1.165, 1.54) is 18.1 Å². The second-order valence-corrected chi connectivity index (χ2v) is 7.37. The minimum atomic E-state index is -0.275. The number of methoxy groups -OCH3 is 2. The number of phenolic OH excluding ortho intramolecular Hbond substituents is 1. The van der Waals surface area contributed by atoms with Crippen LogP contribution in [0.5, 0.6) is 17.2 Å². The van der Waals surface area contributed by atoms with E-state index < -0.39 is 0 Å². The highest BCUT2D eigenvalue weighted by atomic mass is 35.5. The van der Waals surface area contributed by atoms with Crippen molar-refractivity contribution >= 4 is 57.6 Å². The number of amides is 1. The van der Waals surface area contributed by atoms with Gasteiger partial charge in [0.2, 0.25) is 0 Å². The van der Waals surface area contributed by atoms with E-state index in [0.29, 0.717) is 31.2 Å². The van der Waals surface area contributed by atoms with Crippen molar-refractivity contribution in [3.05, 3.63) is 51.9 Å². The second-order valence-electron chi connectivity index (χ2n) is 5.26. The van der Waals surface area contributed by atoms with Gasteiger partial charge in [0.15, 0.2) is 15.8 Å². The number of hydrogen-bond donors (Lipinski definition) is 1. The summed E-state index contributed by atoms with van der Waals surface area (Å²) in [4.78, 5) is 14.6. The number of benzene rings is 2. The standard InChI is InChI=1S/C18H14ClNO4S2/c1-23-13-5-3-12(4-6-13)20-17(22)15(26-18(20)25)8-10-7-11(19)9-14(24-2)16(10)21/h3-9,21H,1-2H3. The third-order valence-electron chi connectivity index (χ3n) is 3.70. The average molecular weight is 408 g/mol. The second kappa shape index (κ2) is 7.57. The highest BCUT2D eigenvalue weighted by Gasteiger charge is 2.33. The number of thiocarbonyl (C=S) groups is 1. The first-order chi connectivity index (χ1) is 12.4. The van der Waals surface area contributed by atoms with Crippen molar-refractivity contribution in [3.8, 4) is 17.2 Å². The summed E-state index contributed by atoms with van der Waals surface area (Å²) in [5.41, 5.74) is 1.02. The van der Waals surface area contributed by atoms with Crippen molar-refractivity contribution in [2.75, 3.05) is 19.1 Å². The van der Waals surface area contributed by atoms with Gasteiger partial charge in [-0.2, -0.15) is 0 Å². The molecular formula is C18H14ClNO4S2. The van der Waals surface area contributed by atoms with Crippen LogP contribution in [0.4, 0.5) is 5.69 Å². The van der Waals surface area contributed by atoms with Gasteiger partial charge in [0, 0.05) is 16.7 Å². The highest BCUT2D eigenvalue weighted by Crippen LogP contribution is 2.40. The maximum absolute atomic E-state index is 12.8. The fourth-order valence-corrected chi connectivity index (χ4v) is 3.93. The fraction of sp³-hybridized carbons (Fsp3) is 0.111. The molecule has 0 aromatic heterocycles. The van der Waals surface area contributed by atoms with E-state index in [2.05, 4.69) is 0 Å². The lowest BCUT2D eigenvalue weighted by atomic mass is 10.1. The van der Waals surface area contributed by atoms with Crippen LogP contribution in [-0.2, 0) is 4.79 Å². The maximum atomic E-state index is 12.8. The maximum Gasteiger partial charge on any atom is 0.270 e. The lowest BCUT2D eigenvalue weighted by Gasteiger charge is -2.14. The Bertz CT molecular complexity index is 912. The summed E-state index contributed by atoms with van der Waals surface area (Å²) in [6.07, 6.45) is 1.55. The van der Waals surface area contributed by atoms with Gasteiger partial charge in [0.1, 0.15) is 5.75 Å². The van der Waals surface area contributed by atoms with Gasteiger partial charge in [-0.15, -0.1) is 0 Å². The number of halogens is 1. The molecule has 0 atom stereocenters. The summed E-state index contributed by atoms with van der Waals surface area (Å²) in [6.45, 7) is 0. The lowest BCUT2D eigenvalue weighted by molar-refractivity contribution is -0.113. The lowest BCUT2D eigenvalue weighted by Crippen LogP contribution is -2.27. The first kappa shape index (κ1) is 18.6. The van der Waals surface area contributed by atoms with Crippen LogP contribution < -0.4 is 14.4 Å². The van der Waals surface area contributed by atoms with Crippen LogP contribution in [0.1, 0.15) is 5.56 Å². The molecule has 8 heteroatoms. The fourth-order valence-electron chi connectivity index (χ4n) is 2.42. The van der Waals surface area contributed by atoms with Crippen LogP contribution in [0, 0.1) is 0 Å². The van der Waals surface area contributed by atoms with Crippen LogP contribution in [0.3, 0.4) is 0 Å². The molecule has 1 fully saturated rings. The Labute approximate surface area is 165 Å². The molecule has 0 radical (unpaired) electrons. The molecule has 2 aromatic carbocycles. The molecule has 1 N–H and O–H groups in total. The molecule has 0 unspecified atom stereocenters. The topological polar surface area (TPSA) is 59.0 Å². The molecule has 3 rings (SSSR count). The number of carbonyl (C=O) groups excluding carboxylic acids is 1. The summed E-state index contributed by atoms with van der Waals surface area (Å²) in [7, 11) is 3.00. The number of ether oxygens (including phenoxy) is 2. The van der Waals surface area contributed by atoms with E-state index in [4.69, 9.17) is 33.3 Å². The molecule has 0 spiro atoms. The highest BCUT2D eigenvalue weighted by molar-refractivity contribution is 8.27. The van der Waals surface area contributed by atoms with Crippen LogP contribution in [0.25, 0.3) is 6.08 Å². The number of anilines is 1. The number of thioether (sulfide) groups is 1. The third kappa shape index (κ3) is 3.51. The first-order valence-corrected chi connectivity index (χ1v) is 9.03. The molecule has 0 saturated carbocycles. The monoisotopic (exact) mass is 407 g/mol. The zero-order valence-electron chi connectivity index (χ0n) is 13.9. The number of rotatable bonds is 4. The van der Waals surface area contributed by atoms with E-state index in [1.54, 1.807) is 43.5 Å². The SMILES string of the molecule is COc1ccc(N2C(=O)C(=Cc3cc(Cl)cc(OC)c3O)SC2=S)cc1. The van der Waals surface area contributed by atoms with E-state index in [1.807, 2.05) is 0 Å². The Kier molecular flexibility index (Phi) is 5.41. The summed E-state index contributed by atoms with van der Waals surface area (Å²) < 4.78 is 10.6. The normalized spacial score (nSPS) is 15.7. The Morgan fingerprint density at radius 3 is 2.50 bits per heavy atom. The van der Waals surface area contributed by atoms with Gasteiger partial charge in [-0.25, -0.2) is 0 Å². The first-order valence-electron chi connectivity index (χ1n) is 7.43. The Balaban J connectivity index is 1.96. The smallest absolute Gasteiger partial charge is 0.270 e. The van der Waals surface area contributed by atoms with Gasteiger partial charge in [-0.1, -0.05) is 35.6 Å². The Morgan fingerprint density at radius 2 is 1.88 bits per heavy atom. The average Bonchev–Trinajstić information content (AvgIpc) is 2.91. The summed E-state index contributed by atoms with van der Waals surface area (Å²) in [5, 5.41) is 10.6. The number of carbonyl (C=O) groups is 1. The van der Waals surface area contributed by atoms with E-state index in [9.17, 15) is 9.90 Å². The minimum absolute atomic E-state index is 0.0911. The minimum Gasteiger partial charge on any atom is -0.504 e. The third-order valence-corrected chi connectivity index (χ3v) is 5.22. The molecule has 1 amide bonds. The molecule has 1 aliphatic rings. The van der Waals surface area contributed by atoms with Gasteiger partial charge in [-0.05, 0) is 36.4 Å². The molecule has 5 nitrogen and oxygen atoms in total. The van der Waals surface area contributed by atoms with Crippen molar-refractivity contribution in [3.63, 3.8) is 0 Å². The molecule has 0 aliphatic carbocycles. The van der Waals surface area contributed by atoms with Crippen molar-refractivity contribution in [1.29, 1.82) is 0 Å². The van der Waals surface area contributed by atoms with Crippen LogP contribution >= 0.6 is 35.6 Å². The molecule has 1 saturated heterocycles. The Hall–Kier alpha value is -2.22. The van der Waals surface area contributed by atoms with E-state index in [-0.39, 0.29) is 17.4 Å². The Morgan fingerprint density at radius 1 is 1.19 bits per heavy atom. The largest absolute Gasteiger partial charge is 0.504 e. The predicted molar refractivity (Wildman–Crippen MR) is 108 cm³/mol. The van der Waals surface area contributed by atoms with Crippen molar-refractivity contribution in [2.24, 2.45) is 0 Å². The van der Waals surface area contributed by atoms with Crippen LogP contribution in [0.2, 0.25) is 5.02 Å². The number of hydrogen-bond acceptors (Lipinski definition) is 6. The van der Waals surface area contributed by atoms with Gasteiger partial charge < -0.3 is 14.6 Å². The molecule has 26 heavy (non-hydrogen) atoms. The predicted octanol–water partition coefficient (Wildman–Crippen LogP) is 4.47.